The average Bonchev–Trinajstić information content (AvgIpc) is 2.71. The molecule has 0 spiro atoms. The van der Waals surface area contributed by atoms with E-state index in [1.807, 2.05) is 35.7 Å². The third-order valence-corrected chi connectivity index (χ3v) is 3.65. The Morgan fingerprint density at radius 2 is 2.35 bits per heavy atom. The predicted octanol–water partition coefficient (Wildman–Crippen LogP) is 2.48. The number of aromatic nitrogens is 2. The molecule has 3 aromatic rings. The molecule has 0 fully saturated rings. The molecule has 0 amide bonds. The summed E-state index contributed by atoms with van der Waals surface area (Å²) in [5.74, 6) is -0.804. The van der Waals surface area contributed by atoms with E-state index in [2.05, 4.69) is 4.98 Å². The molecule has 86 valence electrons. The molecule has 0 unspecified atom stereocenters. The van der Waals surface area contributed by atoms with Crippen LogP contribution in [0.3, 0.4) is 0 Å². The van der Waals surface area contributed by atoms with Gasteiger partial charge in [0, 0.05) is 6.20 Å². The van der Waals surface area contributed by atoms with Gasteiger partial charge in [0.1, 0.15) is 0 Å². The van der Waals surface area contributed by atoms with Crippen molar-refractivity contribution in [2.75, 3.05) is 0 Å². The molecule has 0 saturated heterocycles. The summed E-state index contributed by atoms with van der Waals surface area (Å²) >= 11 is 1.58. The van der Waals surface area contributed by atoms with Crippen LogP contribution in [0.25, 0.3) is 15.2 Å². The van der Waals surface area contributed by atoms with E-state index in [1.54, 1.807) is 11.3 Å². The maximum absolute atomic E-state index is 10.7. The number of benzene rings is 1. The lowest BCUT2D eigenvalue weighted by molar-refractivity contribution is -0.136. The van der Waals surface area contributed by atoms with Crippen LogP contribution in [0.15, 0.2) is 24.4 Å². The molecule has 5 heteroatoms. The van der Waals surface area contributed by atoms with Gasteiger partial charge in [-0.1, -0.05) is 17.4 Å². The van der Waals surface area contributed by atoms with E-state index in [0.29, 0.717) is 0 Å². The maximum Gasteiger partial charge on any atom is 0.307 e. The fourth-order valence-electron chi connectivity index (χ4n) is 1.94. The van der Waals surface area contributed by atoms with Crippen molar-refractivity contribution in [2.24, 2.45) is 0 Å². The quantitative estimate of drug-likeness (QED) is 0.755. The zero-order valence-corrected chi connectivity index (χ0v) is 9.99. The van der Waals surface area contributed by atoms with Gasteiger partial charge in [0.05, 0.1) is 22.3 Å². The van der Waals surface area contributed by atoms with Crippen LogP contribution in [0.5, 0.6) is 0 Å². The molecule has 2 heterocycles. The Morgan fingerprint density at radius 1 is 1.53 bits per heavy atom. The molecule has 0 radical (unpaired) electrons. The van der Waals surface area contributed by atoms with Crippen molar-refractivity contribution < 1.29 is 9.90 Å². The molecule has 0 bridgehead atoms. The van der Waals surface area contributed by atoms with Gasteiger partial charge < -0.3 is 5.11 Å². The van der Waals surface area contributed by atoms with Gasteiger partial charge in [-0.25, -0.2) is 4.98 Å². The number of aryl methyl sites for hydroxylation is 1. The number of hydrogen-bond donors (Lipinski definition) is 1. The first-order valence-electron chi connectivity index (χ1n) is 5.22. The second kappa shape index (κ2) is 3.56. The summed E-state index contributed by atoms with van der Waals surface area (Å²) < 4.78 is 3.12. The van der Waals surface area contributed by atoms with E-state index in [0.717, 1.165) is 26.4 Å². The van der Waals surface area contributed by atoms with Crippen LogP contribution in [-0.4, -0.2) is 20.5 Å². The van der Waals surface area contributed by atoms with Crippen molar-refractivity contribution in [3.63, 3.8) is 0 Å². The fourth-order valence-corrected chi connectivity index (χ4v) is 3.06. The number of rotatable bonds is 2. The molecule has 0 saturated carbocycles. The van der Waals surface area contributed by atoms with E-state index >= 15 is 0 Å². The Kier molecular flexibility index (Phi) is 2.16. The Bertz CT molecular complexity index is 727. The van der Waals surface area contributed by atoms with Crippen molar-refractivity contribution in [3.8, 4) is 0 Å². The van der Waals surface area contributed by atoms with Crippen LogP contribution >= 0.6 is 11.3 Å². The van der Waals surface area contributed by atoms with Crippen molar-refractivity contribution in [1.82, 2.24) is 9.38 Å². The lowest BCUT2D eigenvalue weighted by Gasteiger charge is -1.97. The number of thiazole rings is 1. The molecule has 17 heavy (non-hydrogen) atoms. The lowest BCUT2D eigenvalue weighted by Crippen LogP contribution is -1.99. The molecule has 0 aliphatic carbocycles. The van der Waals surface area contributed by atoms with Crippen LogP contribution in [0, 0.1) is 6.92 Å². The van der Waals surface area contributed by atoms with E-state index < -0.39 is 5.97 Å². The Hall–Kier alpha value is -1.88. The van der Waals surface area contributed by atoms with Gasteiger partial charge in [0.2, 0.25) is 0 Å². The van der Waals surface area contributed by atoms with Crippen LogP contribution in [-0.2, 0) is 11.2 Å². The highest BCUT2D eigenvalue weighted by molar-refractivity contribution is 7.23. The number of hydrogen-bond acceptors (Lipinski definition) is 3. The molecule has 3 rings (SSSR count). The molecule has 1 N–H and O–H groups in total. The van der Waals surface area contributed by atoms with Crippen molar-refractivity contribution in [3.05, 3.63) is 35.7 Å². The van der Waals surface area contributed by atoms with Gasteiger partial charge in [0.25, 0.3) is 0 Å². The number of nitrogens with zero attached hydrogens (tertiary/aromatic N) is 2. The highest BCUT2D eigenvalue weighted by atomic mass is 32.1. The van der Waals surface area contributed by atoms with Crippen LogP contribution < -0.4 is 0 Å². The zero-order chi connectivity index (χ0) is 12.0. The third-order valence-electron chi connectivity index (χ3n) is 2.63. The molecule has 0 aliphatic rings. The minimum atomic E-state index is -0.804. The zero-order valence-electron chi connectivity index (χ0n) is 9.17. The van der Waals surface area contributed by atoms with Crippen molar-refractivity contribution in [2.45, 2.75) is 13.3 Å². The van der Waals surface area contributed by atoms with Crippen molar-refractivity contribution in [1.29, 1.82) is 0 Å². The summed E-state index contributed by atoms with van der Waals surface area (Å²) in [5, 5.41) is 8.76. The number of carboxylic acids is 1. The molecule has 0 aliphatic heterocycles. The molecule has 1 aromatic carbocycles. The fraction of sp³-hybridized carbons (Fsp3) is 0.167. The molecule has 0 atom stereocenters. The number of carbonyl (C=O) groups is 1. The molecular formula is C12H10N2O2S. The second-order valence-electron chi connectivity index (χ2n) is 4.01. The molecule has 2 aromatic heterocycles. The first-order valence-corrected chi connectivity index (χ1v) is 6.04. The van der Waals surface area contributed by atoms with E-state index in [9.17, 15) is 4.79 Å². The summed E-state index contributed by atoms with van der Waals surface area (Å²) in [6, 6.07) is 5.74. The minimum Gasteiger partial charge on any atom is -0.481 e. The van der Waals surface area contributed by atoms with E-state index in [-0.39, 0.29) is 6.42 Å². The normalized spacial score (nSPS) is 11.4. The van der Waals surface area contributed by atoms with Crippen molar-refractivity contribution >= 4 is 32.5 Å². The van der Waals surface area contributed by atoms with Gasteiger partial charge in [-0.05, 0) is 24.6 Å². The highest BCUT2D eigenvalue weighted by Crippen LogP contribution is 2.27. The predicted molar refractivity (Wildman–Crippen MR) is 66.7 cm³/mol. The van der Waals surface area contributed by atoms with E-state index in [1.165, 1.54) is 0 Å². The maximum atomic E-state index is 10.7. The third kappa shape index (κ3) is 1.68. The van der Waals surface area contributed by atoms with Crippen LogP contribution in [0.1, 0.15) is 11.3 Å². The minimum absolute atomic E-state index is 0.0647. The standard InChI is InChI=1S/C12H10N2O2S/c1-7-6-14-9-3-2-8(5-11(15)16)4-10(9)17-12(14)13-7/h2-4,6H,5H2,1H3,(H,15,16). The largest absolute Gasteiger partial charge is 0.481 e. The number of carboxylic acid groups (broad SMARTS) is 1. The lowest BCUT2D eigenvalue weighted by atomic mass is 10.1. The monoisotopic (exact) mass is 246 g/mol. The number of fused-ring (bicyclic) bond motifs is 3. The summed E-state index contributed by atoms with van der Waals surface area (Å²) in [6.07, 6.45) is 2.06. The topological polar surface area (TPSA) is 54.6 Å². The Morgan fingerprint density at radius 3 is 3.12 bits per heavy atom. The Labute approximate surface area is 101 Å². The molecule has 4 nitrogen and oxygen atoms in total. The van der Waals surface area contributed by atoms with Gasteiger partial charge in [-0.15, -0.1) is 0 Å². The average molecular weight is 246 g/mol. The Balaban J connectivity index is 2.20. The number of imidazole rings is 1. The molecular weight excluding hydrogens is 236 g/mol. The first-order chi connectivity index (χ1) is 8.13. The van der Waals surface area contributed by atoms with Crippen LogP contribution in [0.2, 0.25) is 0 Å². The second-order valence-corrected chi connectivity index (χ2v) is 5.02. The smallest absolute Gasteiger partial charge is 0.307 e. The van der Waals surface area contributed by atoms with Gasteiger partial charge >= 0.3 is 5.97 Å². The summed E-state index contributed by atoms with van der Waals surface area (Å²) in [4.78, 5) is 16.0. The number of aliphatic carboxylic acids is 1. The highest BCUT2D eigenvalue weighted by Gasteiger charge is 2.08. The van der Waals surface area contributed by atoms with E-state index in [4.69, 9.17) is 5.11 Å². The van der Waals surface area contributed by atoms with Gasteiger partial charge in [-0.2, -0.15) is 0 Å². The SMILES string of the molecule is Cc1cn2c(n1)sc1cc(CC(=O)O)ccc12. The van der Waals surface area contributed by atoms with Gasteiger partial charge in [0.15, 0.2) is 4.96 Å². The summed E-state index contributed by atoms with van der Waals surface area (Å²) in [5.41, 5.74) is 2.90. The summed E-state index contributed by atoms with van der Waals surface area (Å²) in [7, 11) is 0. The first kappa shape index (κ1) is 10.3. The van der Waals surface area contributed by atoms with Gasteiger partial charge in [-0.3, -0.25) is 9.20 Å². The van der Waals surface area contributed by atoms with Crippen LogP contribution in [0.4, 0.5) is 0 Å². The summed E-state index contributed by atoms with van der Waals surface area (Å²) in [6.45, 7) is 1.96.